The van der Waals surface area contributed by atoms with Crippen molar-refractivity contribution in [1.82, 2.24) is 15.3 Å². The van der Waals surface area contributed by atoms with E-state index in [0.717, 1.165) is 11.3 Å². The maximum atomic E-state index is 15.2. The lowest BCUT2D eigenvalue weighted by Crippen LogP contribution is -2.37. The van der Waals surface area contributed by atoms with E-state index in [1.54, 1.807) is 12.1 Å². The summed E-state index contributed by atoms with van der Waals surface area (Å²) in [4.78, 5) is 33.0. The van der Waals surface area contributed by atoms with Gasteiger partial charge in [-0.05, 0) is 47.7 Å². The van der Waals surface area contributed by atoms with Crippen molar-refractivity contribution < 1.29 is 31.9 Å². The standard InChI is InChI=1S/C28H19F4N3O3S/c29-19-12-15(16-13-21(33-14-16)25(36)38-26(37)28(30,31)32)6-7-18(19)23-34-20-8-9-22(35-24(20)39-23)27(10-11-27)17-4-2-1-3-5-17/h1-12,16,21,33H,13-14H2/t16-,21-/m0/s1. The number of thiazole rings is 1. The van der Waals surface area contributed by atoms with Gasteiger partial charge in [-0.2, -0.15) is 13.2 Å². The molecule has 0 bridgehead atoms. The van der Waals surface area contributed by atoms with Crippen LogP contribution >= 0.6 is 11.3 Å². The number of hydrogen-bond acceptors (Lipinski definition) is 7. The summed E-state index contributed by atoms with van der Waals surface area (Å²) in [6.45, 7) is 0.212. The van der Waals surface area contributed by atoms with Crippen molar-refractivity contribution in [3.63, 3.8) is 0 Å². The number of carbonyl (C=O) groups excluding carboxylic acids is 2. The average molecular weight is 554 g/mol. The molecule has 0 unspecified atom stereocenters. The van der Waals surface area contributed by atoms with E-state index in [1.807, 2.05) is 42.5 Å². The van der Waals surface area contributed by atoms with Crippen molar-refractivity contribution in [2.24, 2.45) is 0 Å². The van der Waals surface area contributed by atoms with Gasteiger partial charge in [-0.25, -0.2) is 23.9 Å². The fraction of sp³-hybridized carbons (Fsp3) is 0.214. The minimum atomic E-state index is -5.26. The summed E-state index contributed by atoms with van der Waals surface area (Å²) in [5, 5.41) is 3.20. The molecule has 4 aromatic rings. The van der Waals surface area contributed by atoms with Crippen LogP contribution in [0.4, 0.5) is 17.6 Å². The van der Waals surface area contributed by atoms with Gasteiger partial charge in [0, 0.05) is 12.1 Å². The Morgan fingerprint density at radius 3 is 2.49 bits per heavy atom. The topological polar surface area (TPSA) is 81.2 Å². The number of alkyl halides is 3. The largest absolute Gasteiger partial charge is 0.491 e. The van der Waals surface area contributed by atoms with Gasteiger partial charge in [0.1, 0.15) is 27.2 Å². The molecule has 2 aromatic heterocycles. The molecule has 0 radical (unpaired) electrons. The third kappa shape index (κ3) is 4.72. The first-order valence-corrected chi connectivity index (χ1v) is 12.9. The lowest BCUT2D eigenvalue weighted by Gasteiger charge is -2.15. The molecule has 1 aliphatic carbocycles. The summed E-state index contributed by atoms with van der Waals surface area (Å²) in [6, 6.07) is 17.3. The van der Waals surface area contributed by atoms with Crippen LogP contribution in [0.5, 0.6) is 0 Å². The Bertz CT molecular complexity index is 1630. The van der Waals surface area contributed by atoms with Crippen LogP contribution in [0.3, 0.4) is 0 Å². The number of nitrogens with zero attached hydrogens (tertiary/aromatic N) is 2. The number of esters is 2. The minimum Gasteiger partial charge on any atom is -0.385 e. The van der Waals surface area contributed by atoms with E-state index >= 15 is 4.39 Å². The van der Waals surface area contributed by atoms with Gasteiger partial charge in [-0.3, -0.25) is 0 Å². The Balaban J connectivity index is 1.19. The number of pyridine rings is 1. The Morgan fingerprint density at radius 1 is 1.03 bits per heavy atom. The van der Waals surface area contributed by atoms with Crippen molar-refractivity contribution in [1.29, 1.82) is 0 Å². The maximum absolute atomic E-state index is 15.2. The molecule has 2 aliphatic rings. The molecule has 0 saturated carbocycles. The number of nitrogens with one attached hydrogen (secondary N) is 1. The number of halogens is 4. The molecule has 3 heterocycles. The molecule has 6 nitrogen and oxygen atoms in total. The predicted molar refractivity (Wildman–Crippen MR) is 135 cm³/mol. The Hall–Kier alpha value is -3.96. The first-order chi connectivity index (χ1) is 18.6. The van der Waals surface area contributed by atoms with E-state index < -0.39 is 30.0 Å². The molecule has 2 aromatic carbocycles. The van der Waals surface area contributed by atoms with Crippen LogP contribution in [0.1, 0.15) is 29.2 Å². The van der Waals surface area contributed by atoms with E-state index in [1.165, 1.54) is 17.4 Å². The Morgan fingerprint density at radius 2 is 1.79 bits per heavy atom. The van der Waals surface area contributed by atoms with Crippen molar-refractivity contribution in [3.8, 4) is 10.6 Å². The molecule has 1 aliphatic heterocycles. The van der Waals surface area contributed by atoms with Crippen LogP contribution in [0.2, 0.25) is 0 Å². The number of aromatic nitrogens is 2. The summed E-state index contributed by atoms with van der Waals surface area (Å²) < 4.78 is 56.3. The average Bonchev–Trinajstić information content (AvgIpc) is 3.37. The normalized spacial score (nSPS) is 19.8. The fourth-order valence-electron chi connectivity index (χ4n) is 4.82. The monoisotopic (exact) mass is 553 g/mol. The molecule has 1 fully saturated rings. The number of allylic oxidation sites excluding steroid dienone is 2. The van der Waals surface area contributed by atoms with Crippen LogP contribution in [-0.2, 0) is 19.7 Å². The first-order valence-electron chi connectivity index (χ1n) is 12.0. The second-order valence-corrected chi connectivity index (χ2v) is 10.4. The van der Waals surface area contributed by atoms with E-state index in [2.05, 4.69) is 27.2 Å². The lowest BCUT2D eigenvalue weighted by atomic mass is 9.89. The van der Waals surface area contributed by atoms with Gasteiger partial charge >= 0.3 is 18.1 Å². The van der Waals surface area contributed by atoms with Crippen LogP contribution in [0.25, 0.3) is 20.9 Å². The van der Waals surface area contributed by atoms with Gasteiger partial charge in [0.25, 0.3) is 0 Å². The first kappa shape index (κ1) is 25.3. The molecular weight excluding hydrogens is 534 g/mol. The van der Waals surface area contributed by atoms with Crippen LogP contribution in [0, 0.1) is 5.82 Å². The molecule has 11 heteroatoms. The quantitative estimate of drug-likeness (QED) is 0.154. The van der Waals surface area contributed by atoms with Crippen molar-refractivity contribution in [2.75, 3.05) is 6.54 Å². The fourth-order valence-corrected chi connectivity index (χ4v) is 5.78. The van der Waals surface area contributed by atoms with Crippen molar-refractivity contribution in [3.05, 3.63) is 95.5 Å². The number of hydrogen-bond donors (Lipinski definition) is 1. The second-order valence-electron chi connectivity index (χ2n) is 9.45. The summed E-state index contributed by atoms with van der Waals surface area (Å²) in [5.41, 5.74) is 3.15. The molecule has 2 atom stereocenters. The molecule has 198 valence electrons. The molecule has 0 amide bonds. The lowest BCUT2D eigenvalue weighted by molar-refractivity contribution is -0.202. The zero-order valence-electron chi connectivity index (χ0n) is 20.0. The molecule has 1 saturated heterocycles. The number of benzene rings is 2. The van der Waals surface area contributed by atoms with Crippen LogP contribution in [-0.4, -0.2) is 40.7 Å². The van der Waals surface area contributed by atoms with E-state index in [4.69, 9.17) is 4.98 Å². The van der Waals surface area contributed by atoms with Crippen molar-refractivity contribution >= 4 is 33.6 Å². The highest BCUT2D eigenvalue weighted by molar-refractivity contribution is 7.21. The van der Waals surface area contributed by atoms with E-state index in [-0.39, 0.29) is 24.3 Å². The zero-order chi connectivity index (χ0) is 27.4. The van der Waals surface area contributed by atoms with E-state index in [0.29, 0.717) is 26.5 Å². The third-order valence-corrected chi connectivity index (χ3v) is 7.96. The number of ether oxygens (including phenoxy) is 1. The van der Waals surface area contributed by atoms with E-state index in [9.17, 15) is 22.8 Å². The second kappa shape index (κ2) is 9.35. The summed E-state index contributed by atoms with van der Waals surface area (Å²) >= 11 is 1.28. The summed E-state index contributed by atoms with van der Waals surface area (Å²) in [5.74, 6) is -4.75. The molecular formula is C28H19F4N3O3S. The SMILES string of the molecule is O=C(OC(=O)C(F)(F)F)[C@@H]1C[C@H](c2ccc(-c3nc4ccc(C5(c6ccccc6)C=C5)nc4s3)c(F)c2)CN1. The summed E-state index contributed by atoms with van der Waals surface area (Å²) in [6.07, 6.45) is -1.02. The van der Waals surface area contributed by atoms with Crippen molar-refractivity contribution in [2.45, 2.75) is 30.0 Å². The highest BCUT2D eigenvalue weighted by Gasteiger charge is 2.44. The van der Waals surface area contributed by atoms with Gasteiger partial charge in [0.05, 0.1) is 11.1 Å². The highest BCUT2D eigenvalue weighted by Crippen LogP contribution is 2.45. The van der Waals surface area contributed by atoms with Gasteiger partial charge in [0.15, 0.2) is 0 Å². The molecule has 39 heavy (non-hydrogen) atoms. The highest BCUT2D eigenvalue weighted by atomic mass is 32.1. The Kier molecular flexibility index (Phi) is 6.07. The number of fused-ring (bicyclic) bond motifs is 1. The molecule has 0 spiro atoms. The minimum absolute atomic E-state index is 0.0633. The van der Waals surface area contributed by atoms with Gasteiger partial charge in [-0.1, -0.05) is 59.9 Å². The Labute approximate surface area is 223 Å². The third-order valence-electron chi connectivity index (χ3n) is 6.97. The van der Waals surface area contributed by atoms with Gasteiger partial charge in [0.2, 0.25) is 0 Å². The number of rotatable bonds is 5. The molecule has 1 N–H and O–H groups in total. The zero-order valence-corrected chi connectivity index (χ0v) is 20.9. The van der Waals surface area contributed by atoms with Crippen LogP contribution in [0.15, 0.2) is 72.8 Å². The molecule has 6 rings (SSSR count). The smallest absolute Gasteiger partial charge is 0.385 e. The maximum Gasteiger partial charge on any atom is 0.491 e. The summed E-state index contributed by atoms with van der Waals surface area (Å²) in [7, 11) is 0. The predicted octanol–water partition coefficient (Wildman–Crippen LogP) is 5.43. The van der Waals surface area contributed by atoms with Gasteiger partial charge in [-0.15, -0.1) is 0 Å². The van der Waals surface area contributed by atoms with Gasteiger partial charge < -0.3 is 10.1 Å². The number of carbonyl (C=O) groups is 2. The van der Waals surface area contributed by atoms with Crippen LogP contribution < -0.4 is 5.32 Å².